The van der Waals surface area contributed by atoms with Crippen molar-refractivity contribution in [1.29, 1.82) is 0 Å². The fraction of sp³-hybridized carbons (Fsp3) is 0.533. The van der Waals surface area contributed by atoms with Gasteiger partial charge in [-0.2, -0.15) is 0 Å². The number of fused-ring (bicyclic) bond motifs is 2. The zero-order chi connectivity index (χ0) is 14.4. The molecule has 0 saturated heterocycles. The van der Waals surface area contributed by atoms with E-state index in [2.05, 4.69) is 31.5 Å². The Kier molecular flexibility index (Phi) is 3.21. The van der Waals surface area contributed by atoms with Crippen molar-refractivity contribution < 1.29 is 0 Å². The van der Waals surface area contributed by atoms with E-state index in [1.54, 1.807) is 0 Å². The topological polar surface area (TPSA) is 69.6 Å². The molecule has 2 bridgehead atoms. The Morgan fingerprint density at radius 2 is 2.19 bits per heavy atom. The van der Waals surface area contributed by atoms with Crippen molar-refractivity contribution in [2.75, 3.05) is 5.73 Å². The average molecular weight is 348 g/mol. The Hall–Kier alpha value is -1.43. The quantitative estimate of drug-likeness (QED) is 0.866. The van der Waals surface area contributed by atoms with E-state index in [4.69, 9.17) is 5.73 Å². The molecule has 3 atom stereocenters. The molecule has 3 unspecified atom stereocenters. The van der Waals surface area contributed by atoms with Crippen LogP contribution in [0, 0.1) is 17.8 Å². The third-order valence-corrected chi connectivity index (χ3v) is 5.75. The second kappa shape index (κ2) is 5.09. The minimum absolute atomic E-state index is 0.725. The minimum Gasteiger partial charge on any atom is -0.399 e. The number of hydrogen-bond donors (Lipinski definition) is 1. The van der Waals surface area contributed by atoms with Crippen molar-refractivity contribution in [2.24, 2.45) is 17.8 Å². The molecule has 0 radical (unpaired) electrons. The standard InChI is InChI=1S/C15H18BrN5/c16-14-4-3-12(17)7-13(14)15-18-19-20-21(15)8-11-6-9-1-2-10(11)5-9/h3-4,7,9-11H,1-2,5-6,8,17H2. The zero-order valence-corrected chi connectivity index (χ0v) is 13.3. The number of tetrazole rings is 1. The van der Waals surface area contributed by atoms with E-state index in [0.717, 1.165) is 45.8 Å². The van der Waals surface area contributed by atoms with Crippen molar-refractivity contribution in [3.63, 3.8) is 0 Å². The number of hydrogen-bond acceptors (Lipinski definition) is 4. The largest absolute Gasteiger partial charge is 0.399 e. The highest BCUT2D eigenvalue weighted by Gasteiger charge is 2.39. The lowest BCUT2D eigenvalue weighted by Crippen LogP contribution is -2.19. The van der Waals surface area contributed by atoms with Gasteiger partial charge in [0.1, 0.15) is 0 Å². The molecular weight excluding hydrogens is 330 g/mol. The molecule has 2 N–H and O–H groups in total. The number of aromatic nitrogens is 4. The number of anilines is 1. The number of benzene rings is 1. The second-order valence-electron chi connectivity index (χ2n) is 6.36. The SMILES string of the molecule is Nc1ccc(Br)c(-c2nnnn2CC2CC3CCC2C3)c1. The Morgan fingerprint density at radius 1 is 1.29 bits per heavy atom. The summed E-state index contributed by atoms with van der Waals surface area (Å²) in [6, 6.07) is 5.74. The summed E-state index contributed by atoms with van der Waals surface area (Å²) < 4.78 is 2.92. The summed E-state index contributed by atoms with van der Waals surface area (Å²) in [6.07, 6.45) is 5.55. The van der Waals surface area contributed by atoms with Gasteiger partial charge in [0.25, 0.3) is 0 Å². The third kappa shape index (κ3) is 2.35. The zero-order valence-electron chi connectivity index (χ0n) is 11.7. The van der Waals surface area contributed by atoms with Crippen molar-refractivity contribution in [2.45, 2.75) is 32.2 Å². The van der Waals surface area contributed by atoms with E-state index >= 15 is 0 Å². The lowest BCUT2D eigenvalue weighted by Gasteiger charge is -2.21. The van der Waals surface area contributed by atoms with Crippen LogP contribution < -0.4 is 5.73 Å². The Labute approximate surface area is 132 Å². The molecule has 2 fully saturated rings. The summed E-state index contributed by atoms with van der Waals surface area (Å²) in [5.41, 5.74) is 7.58. The molecule has 2 aliphatic rings. The van der Waals surface area contributed by atoms with Crippen LogP contribution in [-0.2, 0) is 6.54 Å². The van der Waals surface area contributed by atoms with E-state index in [1.807, 2.05) is 22.9 Å². The van der Waals surface area contributed by atoms with Gasteiger partial charge in [-0.25, -0.2) is 4.68 Å². The van der Waals surface area contributed by atoms with Crippen LogP contribution in [0.3, 0.4) is 0 Å². The van der Waals surface area contributed by atoms with Crippen LogP contribution >= 0.6 is 15.9 Å². The van der Waals surface area contributed by atoms with Crippen LogP contribution in [0.4, 0.5) is 5.69 Å². The number of halogens is 1. The molecule has 1 heterocycles. The smallest absolute Gasteiger partial charge is 0.183 e. The van der Waals surface area contributed by atoms with E-state index in [1.165, 1.54) is 25.7 Å². The van der Waals surface area contributed by atoms with Gasteiger partial charge in [-0.05, 0) is 65.6 Å². The number of nitrogen functional groups attached to an aromatic ring is 1. The highest BCUT2D eigenvalue weighted by molar-refractivity contribution is 9.10. The monoisotopic (exact) mass is 347 g/mol. The molecule has 4 rings (SSSR count). The molecule has 0 aliphatic heterocycles. The molecule has 5 nitrogen and oxygen atoms in total. The molecule has 2 aromatic rings. The van der Waals surface area contributed by atoms with E-state index < -0.39 is 0 Å². The Balaban J connectivity index is 1.63. The molecular formula is C15H18BrN5. The normalized spacial score (nSPS) is 27.4. The number of nitrogens with two attached hydrogens (primary N) is 1. The van der Waals surface area contributed by atoms with Crippen LogP contribution in [0.2, 0.25) is 0 Å². The first-order chi connectivity index (χ1) is 10.2. The van der Waals surface area contributed by atoms with Gasteiger partial charge in [0.2, 0.25) is 0 Å². The van der Waals surface area contributed by atoms with Gasteiger partial charge in [-0.15, -0.1) is 5.10 Å². The van der Waals surface area contributed by atoms with Gasteiger partial charge in [-0.1, -0.05) is 22.4 Å². The summed E-state index contributed by atoms with van der Waals surface area (Å²) in [6.45, 7) is 0.921. The molecule has 21 heavy (non-hydrogen) atoms. The Morgan fingerprint density at radius 3 is 2.95 bits per heavy atom. The van der Waals surface area contributed by atoms with Gasteiger partial charge in [0.05, 0.1) is 0 Å². The molecule has 0 spiro atoms. The van der Waals surface area contributed by atoms with Gasteiger partial charge in [0.15, 0.2) is 5.82 Å². The summed E-state index contributed by atoms with van der Waals surface area (Å²) in [4.78, 5) is 0. The minimum atomic E-state index is 0.725. The molecule has 6 heteroatoms. The van der Waals surface area contributed by atoms with Gasteiger partial charge < -0.3 is 5.73 Å². The van der Waals surface area contributed by atoms with Crippen molar-refractivity contribution in [3.05, 3.63) is 22.7 Å². The van der Waals surface area contributed by atoms with E-state index in [9.17, 15) is 0 Å². The van der Waals surface area contributed by atoms with Crippen LogP contribution in [0.1, 0.15) is 25.7 Å². The van der Waals surface area contributed by atoms with Crippen molar-refractivity contribution in [3.8, 4) is 11.4 Å². The summed E-state index contributed by atoms with van der Waals surface area (Å²) in [7, 11) is 0. The van der Waals surface area contributed by atoms with Gasteiger partial charge in [0, 0.05) is 22.3 Å². The molecule has 2 aliphatic carbocycles. The summed E-state index contributed by atoms with van der Waals surface area (Å²) in [5, 5.41) is 12.3. The summed E-state index contributed by atoms with van der Waals surface area (Å²) in [5.74, 6) is 3.35. The lowest BCUT2D eigenvalue weighted by molar-refractivity contribution is 0.284. The number of rotatable bonds is 3. The molecule has 2 saturated carbocycles. The van der Waals surface area contributed by atoms with Gasteiger partial charge >= 0.3 is 0 Å². The van der Waals surface area contributed by atoms with Crippen LogP contribution in [0.15, 0.2) is 22.7 Å². The lowest BCUT2D eigenvalue weighted by atomic mass is 9.89. The maximum atomic E-state index is 5.90. The molecule has 1 aromatic heterocycles. The Bertz CT molecular complexity index is 668. The second-order valence-corrected chi connectivity index (χ2v) is 7.21. The van der Waals surface area contributed by atoms with Crippen LogP contribution in [0.5, 0.6) is 0 Å². The van der Waals surface area contributed by atoms with Gasteiger partial charge in [-0.3, -0.25) is 0 Å². The predicted octanol–water partition coefficient (Wildman–Crippen LogP) is 3.12. The molecule has 110 valence electrons. The molecule has 0 amide bonds. The van der Waals surface area contributed by atoms with Crippen molar-refractivity contribution >= 4 is 21.6 Å². The maximum absolute atomic E-state index is 5.90. The highest BCUT2D eigenvalue weighted by Crippen LogP contribution is 2.49. The van der Waals surface area contributed by atoms with E-state index in [0.29, 0.717) is 0 Å². The summed E-state index contributed by atoms with van der Waals surface area (Å²) >= 11 is 3.57. The fourth-order valence-electron chi connectivity index (χ4n) is 4.06. The van der Waals surface area contributed by atoms with Crippen molar-refractivity contribution in [1.82, 2.24) is 20.2 Å². The first kappa shape index (κ1) is 13.2. The molecule has 1 aromatic carbocycles. The van der Waals surface area contributed by atoms with Crippen LogP contribution in [0.25, 0.3) is 11.4 Å². The maximum Gasteiger partial charge on any atom is 0.183 e. The third-order valence-electron chi connectivity index (χ3n) is 5.06. The first-order valence-electron chi connectivity index (χ1n) is 7.52. The van der Waals surface area contributed by atoms with Crippen LogP contribution in [-0.4, -0.2) is 20.2 Å². The first-order valence-corrected chi connectivity index (χ1v) is 8.31. The number of nitrogens with zero attached hydrogens (tertiary/aromatic N) is 4. The van der Waals surface area contributed by atoms with E-state index in [-0.39, 0.29) is 0 Å². The fourth-order valence-corrected chi connectivity index (χ4v) is 4.48. The average Bonchev–Trinajstić information content (AvgIpc) is 3.18. The highest BCUT2D eigenvalue weighted by atomic mass is 79.9. The predicted molar refractivity (Wildman–Crippen MR) is 84.3 cm³/mol.